The molecule has 2 aliphatic rings. The highest BCUT2D eigenvalue weighted by Crippen LogP contribution is 2.36. The van der Waals surface area contributed by atoms with E-state index in [4.69, 9.17) is 18.8 Å². The lowest BCUT2D eigenvalue weighted by Crippen LogP contribution is -2.50. The molecular weight excluding hydrogens is 414 g/mol. The lowest BCUT2D eigenvalue weighted by atomic mass is 9.78. The topological polar surface area (TPSA) is 81.0 Å². The molecule has 0 spiro atoms. The second-order valence-electron chi connectivity index (χ2n) is 10.3. The number of nitrogens with zero attached hydrogens (tertiary/aromatic N) is 2. The van der Waals surface area contributed by atoms with Gasteiger partial charge in [0.15, 0.2) is 6.17 Å². The number of benzene rings is 1. The van der Waals surface area contributed by atoms with Crippen molar-refractivity contribution in [1.82, 2.24) is 4.90 Å². The van der Waals surface area contributed by atoms with Crippen LogP contribution in [-0.4, -0.2) is 60.3 Å². The maximum absolute atomic E-state index is 14.8. The fraction of sp³-hybridized carbons (Fsp3) is 0.652. The van der Waals surface area contributed by atoms with Gasteiger partial charge in [-0.25, -0.2) is 9.18 Å². The number of likely N-dealkylation sites (tertiary alicyclic amines) is 1. The number of hydrogen-bond donors (Lipinski definition) is 0. The van der Waals surface area contributed by atoms with Crippen molar-refractivity contribution in [2.75, 3.05) is 13.1 Å². The van der Waals surface area contributed by atoms with Crippen LogP contribution in [0.4, 0.5) is 9.18 Å². The van der Waals surface area contributed by atoms with E-state index in [1.165, 1.54) is 4.90 Å². The standard InChI is InChI=1S/C23H32BFN2O5/c1-21(2,3)30-20(28)27-11-10-19(17(25)14-27)29-18-9-8-16(12-15(18)13-26)24-31-22(4,5)23(6,7)32-24/h8-9,12,17,19H,10-11,14H2,1-7H3/t17-,19+/m0/s1. The number of halogens is 1. The van der Waals surface area contributed by atoms with Gasteiger partial charge in [0, 0.05) is 13.0 Å². The first kappa shape index (κ1) is 24.3. The third-order valence-electron chi connectivity index (χ3n) is 6.06. The first-order valence-electron chi connectivity index (χ1n) is 10.9. The van der Waals surface area contributed by atoms with Crippen molar-refractivity contribution in [2.45, 2.75) is 84.0 Å². The fourth-order valence-corrected chi connectivity index (χ4v) is 3.53. The van der Waals surface area contributed by atoms with E-state index < -0.39 is 42.3 Å². The van der Waals surface area contributed by atoms with E-state index in [-0.39, 0.29) is 12.1 Å². The van der Waals surface area contributed by atoms with E-state index >= 15 is 0 Å². The van der Waals surface area contributed by atoms with Crippen molar-refractivity contribution >= 4 is 18.7 Å². The third kappa shape index (κ3) is 5.19. The van der Waals surface area contributed by atoms with E-state index in [2.05, 4.69) is 6.07 Å². The van der Waals surface area contributed by atoms with Crippen molar-refractivity contribution in [2.24, 2.45) is 0 Å². The molecule has 0 N–H and O–H groups in total. The first-order valence-corrected chi connectivity index (χ1v) is 10.9. The summed E-state index contributed by atoms with van der Waals surface area (Å²) in [5.74, 6) is 0.297. The zero-order valence-electron chi connectivity index (χ0n) is 19.9. The van der Waals surface area contributed by atoms with Crippen molar-refractivity contribution < 1.29 is 28.0 Å². The lowest BCUT2D eigenvalue weighted by molar-refractivity contribution is -0.0105. The largest absolute Gasteiger partial charge is 0.494 e. The van der Waals surface area contributed by atoms with Crippen LogP contribution in [0, 0.1) is 11.3 Å². The van der Waals surface area contributed by atoms with E-state index in [1.54, 1.807) is 39.0 Å². The zero-order chi connectivity index (χ0) is 23.9. The summed E-state index contributed by atoms with van der Waals surface area (Å²) in [6, 6.07) is 7.18. The van der Waals surface area contributed by atoms with Crippen LogP contribution >= 0.6 is 0 Å². The predicted molar refractivity (Wildman–Crippen MR) is 119 cm³/mol. The van der Waals surface area contributed by atoms with Gasteiger partial charge in [0.25, 0.3) is 0 Å². The van der Waals surface area contributed by atoms with Crippen molar-refractivity contribution in [3.8, 4) is 11.8 Å². The minimum atomic E-state index is -1.40. The molecule has 0 aromatic heterocycles. The Hall–Kier alpha value is -2.31. The summed E-state index contributed by atoms with van der Waals surface area (Å²) in [5.41, 5.74) is -0.661. The van der Waals surface area contributed by atoms with Gasteiger partial charge >= 0.3 is 13.2 Å². The molecule has 1 aromatic carbocycles. The monoisotopic (exact) mass is 446 g/mol. The summed E-state index contributed by atoms with van der Waals surface area (Å²) >= 11 is 0. The molecule has 2 atom stereocenters. The van der Waals surface area contributed by atoms with Gasteiger partial charge in [-0.1, -0.05) is 6.07 Å². The number of nitriles is 1. The van der Waals surface area contributed by atoms with Gasteiger partial charge in [0.1, 0.15) is 23.5 Å². The summed E-state index contributed by atoms with van der Waals surface area (Å²) in [6.07, 6.45) is -2.40. The van der Waals surface area contributed by atoms with Crippen LogP contribution in [0.25, 0.3) is 0 Å². The van der Waals surface area contributed by atoms with Crippen LogP contribution < -0.4 is 10.2 Å². The van der Waals surface area contributed by atoms with E-state index in [0.717, 1.165) is 0 Å². The first-order chi connectivity index (χ1) is 14.7. The molecule has 7 nitrogen and oxygen atoms in total. The molecule has 174 valence electrons. The molecule has 0 radical (unpaired) electrons. The molecular formula is C23H32BFN2O5. The Morgan fingerprint density at radius 3 is 2.41 bits per heavy atom. The average Bonchev–Trinajstić information content (AvgIpc) is 2.89. The second-order valence-corrected chi connectivity index (χ2v) is 10.3. The maximum Gasteiger partial charge on any atom is 0.494 e. The van der Waals surface area contributed by atoms with Crippen LogP contribution in [0.15, 0.2) is 18.2 Å². The van der Waals surface area contributed by atoms with Gasteiger partial charge in [-0.05, 0) is 66.1 Å². The normalized spacial score (nSPS) is 24.7. The molecule has 0 saturated carbocycles. The number of carbonyl (C=O) groups is 1. The fourth-order valence-electron chi connectivity index (χ4n) is 3.53. The number of alkyl halides is 1. The van der Waals surface area contributed by atoms with Crippen LogP contribution in [0.3, 0.4) is 0 Å². The van der Waals surface area contributed by atoms with Gasteiger partial charge < -0.3 is 23.7 Å². The summed E-state index contributed by atoms with van der Waals surface area (Å²) < 4.78 is 38.1. The lowest BCUT2D eigenvalue weighted by Gasteiger charge is -2.35. The van der Waals surface area contributed by atoms with Gasteiger partial charge in [-0.15, -0.1) is 0 Å². The Balaban J connectivity index is 1.67. The quantitative estimate of drug-likeness (QED) is 0.661. The maximum atomic E-state index is 14.8. The van der Waals surface area contributed by atoms with E-state index in [1.807, 2.05) is 27.7 Å². The Morgan fingerprint density at radius 1 is 1.25 bits per heavy atom. The smallest absolute Gasteiger partial charge is 0.486 e. The highest BCUT2D eigenvalue weighted by molar-refractivity contribution is 6.62. The molecule has 1 aromatic rings. The molecule has 32 heavy (non-hydrogen) atoms. The number of piperidine rings is 1. The van der Waals surface area contributed by atoms with Crippen molar-refractivity contribution in [3.63, 3.8) is 0 Å². The molecule has 9 heteroatoms. The third-order valence-corrected chi connectivity index (χ3v) is 6.06. The molecule has 0 unspecified atom stereocenters. The molecule has 0 bridgehead atoms. The van der Waals surface area contributed by atoms with Crippen LogP contribution in [0.1, 0.15) is 60.5 Å². The summed E-state index contributed by atoms with van der Waals surface area (Å²) in [4.78, 5) is 13.6. The van der Waals surface area contributed by atoms with Crippen molar-refractivity contribution in [3.05, 3.63) is 23.8 Å². The van der Waals surface area contributed by atoms with E-state index in [9.17, 15) is 14.4 Å². The molecule has 2 fully saturated rings. The number of hydrogen-bond acceptors (Lipinski definition) is 6. The Morgan fingerprint density at radius 2 is 1.88 bits per heavy atom. The molecule has 1 amide bonds. The summed E-state index contributed by atoms with van der Waals surface area (Å²) in [6.45, 7) is 13.3. The van der Waals surface area contributed by atoms with Crippen LogP contribution in [-0.2, 0) is 14.0 Å². The number of carbonyl (C=O) groups excluding carboxylic acids is 1. The van der Waals surface area contributed by atoms with Crippen LogP contribution in [0.5, 0.6) is 5.75 Å². The summed E-state index contributed by atoms with van der Waals surface area (Å²) in [5, 5.41) is 9.63. The van der Waals surface area contributed by atoms with Crippen molar-refractivity contribution in [1.29, 1.82) is 5.26 Å². The summed E-state index contributed by atoms with van der Waals surface area (Å²) in [7, 11) is -0.604. The predicted octanol–water partition coefficient (Wildman–Crippen LogP) is 3.58. The highest BCUT2D eigenvalue weighted by Gasteiger charge is 2.51. The van der Waals surface area contributed by atoms with Crippen LogP contribution in [0.2, 0.25) is 0 Å². The number of amides is 1. The van der Waals surface area contributed by atoms with Gasteiger partial charge in [-0.2, -0.15) is 5.26 Å². The van der Waals surface area contributed by atoms with Gasteiger partial charge in [0.05, 0.1) is 23.3 Å². The second kappa shape index (κ2) is 8.56. The molecule has 0 aliphatic carbocycles. The Labute approximate surface area is 189 Å². The minimum absolute atomic E-state index is 0.118. The number of ether oxygens (including phenoxy) is 2. The SMILES string of the molecule is CC(C)(C)OC(=O)N1CC[C@@H](Oc2ccc(B3OC(C)(C)C(C)(C)O3)cc2C#N)[C@@H](F)C1. The molecule has 2 aliphatic heterocycles. The Bertz CT molecular complexity index is 893. The minimum Gasteiger partial charge on any atom is -0.486 e. The zero-order valence-corrected chi connectivity index (χ0v) is 19.9. The molecule has 3 rings (SSSR count). The average molecular weight is 446 g/mol. The van der Waals surface area contributed by atoms with Gasteiger partial charge in [0.2, 0.25) is 0 Å². The van der Waals surface area contributed by atoms with E-state index in [0.29, 0.717) is 24.2 Å². The number of rotatable bonds is 3. The molecule has 2 heterocycles. The Kier molecular flexibility index (Phi) is 6.51. The highest BCUT2D eigenvalue weighted by atomic mass is 19.1. The molecule has 2 saturated heterocycles. The van der Waals surface area contributed by atoms with Gasteiger partial charge in [-0.3, -0.25) is 0 Å².